The quantitative estimate of drug-likeness (QED) is 0.823. The molecule has 0 amide bonds. The zero-order valence-electron chi connectivity index (χ0n) is 12.9. The van der Waals surface area contributed by atoms with Crippen molar-refractivity contribution in [3.8, 4) is 0 Å². The fourth-order valence-electron chi connectivity index (χ4n) is 2.03. The number of rotatable bonds is 7. The van der Waals surface area contributed by atoms with E-state index >= 15 is 0 Å². The van der Waals surface area contributed by atoms with E-state index in [0.717, 1.165) is 36.5 Å². The van der Waals surface area contributed by atoms with Crippen molar-refractivity contribution >= 4 is 0 Å². The molecule has 0 spiro atoms. The zero-order valence-corrected chi connectivity index (χ0v) is 12.9. The lowest BCUT2D eigenvalue weighted by Crippen LogP contribution is -2.29. The van der Waals surface area contributed by atoms with Crippen molar-refractivity contribution in [2.45, 2.75) is 65.5 Å². The van der Waals surface area contributed by atoms with Gasteiger partial charge >= 0.3 is 0 Å². The molecule has 4 nitrogen and oxygen atoms in total. The van der Waals surface area contributed by atoms with Crippen molar-refractivity contribution in [3.63, 3.8) is 0 Å². The summed E-state index contributed by atoms with van der Waals surface area (Å²) in [6, 6.07) is 2.17. The molecule has 0 fully saturated rings. The van der Waals surface area contributed by atoms with Gasteiger partial charge in [0.15, 0.2) is 5.82 Å². The number of nitrogens with two attached hydrogens (primary N) is 1. The molecule has 2 atom stereocenters. The van der Waals surface area contributed by atoms with Gasteiger partial charge < -0.3 is 10.5 Å². The number of hydrogen-bond acceptors (Lipinski definition) is 4. The summed E-state index contributed by atoms with van der Waals surface area (Å²) in [5.74, 6) is 0.773. The van der Waals surface area contributed by atoms with E-state index in [1.54, 1.807) is 0 Å². The first-order valence-electron chi connectivity index (χ1n) is 7.19. The molecular weight excluding hydrogens is 238 g/mol. The second-order valence-corrected chi connectivity index (χ2v) is 5.21. The molecule has 0 saturated heterocycles. The maximum Gasteiger partial charge on any atom is 0.160 e. The summed E-state index contributed by atoms with van der Waals surface area (Å²) in [5, 5.41) is 0. The molecule has 0 bridgehead atoms. The number of nitrogens with zero attached hydrogens (tertiary/aromatic N) is 2. The molecular formula is C15H27N3O. The fourth-order valence-corrected chi connectivity index (χ4v) is 2.03. The van der Waals surface area contributed by atoms with Crippen LogP contribution < -0.4 is 5.73 Å². The highest BCUT2D eigenvalue weighted by atomic mass is 16.5. The lowest BCUT2D eigenvalue weighted by Gasteiger charge is -2.27. The molecule has 0 aliphatic carbocycles. The Labute approximate surface area is 116 Å². The van der Waals surface area contributed by atoms with Crippen LogP contribution in [0.5, 0.6) is 0 Å². The van der Waals surface area contributed by atoms with Gasteiger partial charge in [-0.25, -0.2) is 9.97 Å². The van der Waals surface area contributed by atoms with Gasteiger partial charge in [0, 0.05) is 30.5 Å². The molecule has 4 heteroatoms. The van der Waals surface area contributed by atoms with Crippen LogP contribution in [0.25, 0.3) is 0 Å². The summed E-state index contributed by atoms with van der Waals surface area (Å²) in [7, 11) is 0. The highest BCUT2D eigenvalue weighted by molar-refractivity contribution is 5.14. The molecule has 0 aliphatic rings. The van der Waals surface area contributed by atoms with Gasteiger partial charge in [0.1, 0.15) is 5.60 Å². The van der Waals surface area contributed by atoms with Crippen molar-refractivity contribution in [1.29, 1.82) is 0 Å². The Morgan fingerprint density at radius 3 is 2.53 bits per heavy atom. The number of ether oxygens (including phenoxy) is 1. The van der Waals surface area contributed by atoms with Crippen molar-refractivity contribution in [1.82, 2.24) is 9.97 Å². The summed E-state index contributed by atoms with van der Waals surface area (Å²) in [5.41, 5.74) is 7.59. The van der Waals surface area contributed by atoms with E-state index < -0.39 is 5.60 Å². The highest BCUT2D eigenvalue weighted by Gasteiger charge is 2.29. The first kappa shape index (κ1) is 16.1. The maximum absolute atomic E-state index is 6.01. The Kier molecular flexibility index (Phi) is 5.88. The van der Waals surface area contributed by atoms with Crippen LogP contribution in [0.2, 0.25) is 0 Å². The molecule has 1 aromatic rings. The molecule has 2 N–H and O–H groups in total. The van der Waals surface area contributed by atoms with Crippen molar-refractivity contribution in [2.24, 2.45) is 5.73 Å². The Balaban J connectivity index is 3.07. The molecule has 1 aromatic heterocycles. The number of aromatic nitrogens is 2. The van der Waals surface area contributed by atoms with Crippen LogP contribution in [0, 0.1) is 6.92 Å². The van der Waals surface area contributed by atoms with E-state index in [2.05, 4.69) is 30.7 Å². The zero-order chi connectivity index (χ0) is 14.5. The summed E-state index contributed by atoms with van der Waals surface area (Å²) < 4.78 is 5.85. The van der Waals surface area contributed by atoms with Gasteiger partial charge in [0.25, 0.3) is 0 Å². The third kappa shape index (κ3) is 4.25. The average Bonchev–Trinajstić information content (AvgIpc) is 2.38. The van der Waals surface area contributed by atoms with Gasteiger partial charge in [-0.3, -0.25) is 0 Å². The van der Waals surface area contributed by atoms with Gasteiger partial charge in [-0.1, -0.05) is 13.8 Å². The topological polar surface area (TPSA) is 61.0 Å². The number of hydrogen-bond donors (Lipinski definition) is 1. The Bertz CT molecular complexity index is 408. The van der Waals surface area contributed by atoms with E-state index in [9.17, 15) is 0 Å². The fraction of sp³-hybridized carbons (Fsp3) is 0.733. The third-order valence-corrected chi connectivity index (χ3v) is 3.51. The minimum absolute atomic E-state index is 0.155. The third-order valence-electron chi connectivity index (χ3n) is 3.51. The van der Waals surface area contributed by atoms with E-state index in [0.29, 0.717) is 6.61 Å². The summed E-state index contributed by atoms with van der Waals surface area (Å²) in [4.78, 5) is 9.22. The Morgan fingerprint density at radius 1 is 1.32 bits per heavy atom. The van der Waals surface area contributed by atoms with E-state index in [1.165, 1.54) is 0 Å². The van der Waals surface area contributed by atoms with Gasteiger partial charge in [0.05, 0.1) is 0 Å². The van der Waals surface area contributed by atoms with Gasteiger partial charge in [-0.2, -0.15) is 0 Å². The SMILES string of the molecule is CCOC(C)(CC)c1nc(C)cc(CC(N)CC)n1. The standard InChI is InChI=1S/C15H27N3O/c1-6-12(16)10-13-9-11(4)17-14(18-13)15(5,7-2)19-8-3/h9,12H,6-8,10,16H2,1-5H3. The second kappa shape index (κ2) is 6.96. The lowest BCUT2D eigenvalue weighted by molar-refractivity contribution is -0.0393. The molecule has 1 heterocycles. The lowest BCUT2D eigenvalue weighted by atomic mass is 10.0. The first-order chi connectivity index (χ1) is 8.95. The van der Waals surface area contributed by atoms with E-state index in [-0.39, 0.29) is 6.04 Å². The molecule has 108 valence electrons. The Hall–Kier alpha value is -1.00. The van der Waals surface area contributed by atoms with E-state index in [1.807, 2.05) is 19.9 Å². The second-order valence-electron chi connectivity index (χ2n) is 5.21. The molecule has 19 heavy (non-hydrogen) atoms. The minimum Gasteiger partial charge on any atom is -0.368 e. The normalized spacial score (nSPS) is 16.1. The summed E-state index contributed by atoms with van der Waals surface area (Å²) in [6.45, 7) is 10.9. The summed E-state index contributed by atoms with van der Waals surface area (Å²) in [6.07, 6.45) is 2.59. The van der Waals surface area contributed by atoms with Gasteiger partial charge in [0.2, 0.25) is 0 Å². The van der Waals surface area contributed by atoms with Crippen LogP contribution in [0.15, 0.2) is 6.07 Å². The maximum atomic E-state index is 6.01. The van der Waals surface area contributed by atoms with E-state index in [4.69, 9.17) is 10.5 Å². The van der Waals surface area contributed by atoms with Crippen LogP contribution in [0.4, 0.5) is 0 Å². The van der Waals surface area contributed by atoms with Crippen molar-refractivity contribution < 1.29 is 4.74 Å². The molecule has 0 saturated carbocycles. The Morgan fingerprint density at radius 2 is 2.00 bits per heavy atom. The smallest absolute Gasteiger partial charge is 0.160 e. The van der Waals surface area contributed by atoms with Crippen molar-refractivity contribution in [3.05, 3.63) is 23.3 Å². The minimum atomic E-state index is -0.411. The molecule has 0 aromatic carbocycles. The predicted molar refractivity (Wildman–Crippen MR) is 78.0 cm³/mol. The average molecular weight is 265 g/mol. The number of aryl methyl sites for hydroxylation is 1. The van der Waals surface area contributed by atoms with Crippen LogP contribution >= 0.6 is 0 Å². The molecule has 1 rings (SSSR count). The van der Waals surface area contributed by atoms with Crippen LogP contribution in [-0.4, -0.2) is 22.6 Å². The van der Waals surface area contributed by atoms with Crippen LogP contribution in [0.3, 0.4) is 0 Å². The van der Waals surface area contributed by atoms with Crippen LogP contribution in [0.1, 0.15) is 57.7 Å². The molecule has 2 unspecified atom stereocenters. The van der Waals surface area contributed by atoms with Gasteiger partial charge in [-0.15, -0.1) is 0 Å². The highest BCUT2D eigenvalue weighted by Crippen LogP contribution is 2.26. The molecule has 0 aliphatic heterocycles. The summed E-state index contributed by atoms with van der Waals surface area (Å²) >= 11 is 0. The molecule has 0 radical (unpaired) electrons. The largest absolute Gasteiger partial charge is 0.368 e. The monoisotopic (exact) mass is 265 g/mol. The van der Waals surface area contributed by atoms with Gasteiger partial charge in [-0.05, 0) is 39.7 Å². The van der Waals surface area contributed by atoms with Crippen LogP contribution in [-0.2, 0) is 16.8 Å². The van der Waals surface area contributed by atoms with Crippen molar-refractivity contribution in [2.75, 3.05) is 6.61 Å². The predicted octanol–water partition coefficient (Wildman–Crippen LogP) is 2.73. The first-order valence-corrected chi connectivity index (χ1v) is 7.19.